The van der Waals surface area contributed by atoms with Gasteiger partial charge in [0.1, 0.15) is 0 Å². The van der Waals surface area contributed by atoms with E-state index in [1.54, 1.807) is 4.31 Å². The van der Waals surface area contributed by atoms with Crippen molar-refractivity contribution >= 4 is 10.0 Å². The van der Waals surface area contributed by atoms with E-state index >= 15 is 0 Å². The number of hydrogen-bond donors (Lipinski definition) is 1. The molecule has 0 aromatic rings. The van der Waals surface area contributed by atoms with Crippen molar-refractivity contribution in [3.05, 3.63) is 0 Å². The highest BCUT2D eigenvalue weighted by Gasteiger charge is 2.27. The fourth-order valence-corrected chi connectivity index (χ4v) is 4.22. The molecular weight excluding hydrogens is 272 g/mol. The summed E-state index contributed by atoms with van der Waals surface area (Å²) < 4.78 is 26.9. The van der Waals surface area contributed by atoms with Crippen LogP contribution in [0, 0.1) is 11.8 Å². The standard InChI is InChI=1S/C15H32N2O2S/c1-13(2)7-10-17(11-8-14(3)4)20(18,19)12-15-6-5-9-16-15/h13-16H,5-12H2,1-4H3. The molecule has 1 aliphatic rings. The van der Waals surface area contributed by atoms with Crippen LogP contribution in [0.15, 0.2) is 0 Å². The van der Waals surface area contributed by atoms with Crippen LogP contribution >= 0.6 is 0 Å². The van der Waals surface area contributed by atoms with Crippen LogP contribution in [0.3, 0.4) is 0 Å². The maximum atomic E-state index is 12.6. The zero-order chi connectivity index (χ0) is 15.2. The summed E-state index contributed by atoms with van der Waals surface area (Å²) >= 11 is 0. The summed E-state index contributed by atoms with van der Waals surface area (Å²) in [5.41, 5.74) is 0. The third-order valence-electron chi connectivity index (χ3n) is 3.88. The Bertz CT molecular complexity index is 348. The molecule has 4 nitrogen and oxygen atoms in total. The Morgan fingerprint density at radius 1 is 1.10 bits per heavy atom. The second kappa shape index (κ2) is 8.35. The largest absolute Gasteiger partial charge is 0.313 e. The predicted molar refractivity (Wildman–Crippen MR) is 85.3 cm³/mol. The zero-order valence-electron chi connectivity index (χ0n) is 13.6. The van der Waals surface area contributed by atoms with Crippen molar-refractivity contribution in [2.45, 2.75) is 59.4 Å². The lowest BCUT2D eigenvalue weighted by Gasteiger charge is -2.25. The molecule has 5 heteroatoms. The van der Waals surface area contributed by atoms with Crippen LogP contribution in [0.4, 0.5) is 0 Å². The molecule has 120 valence electrons. The highest BCUT2D eigenvalue weighted by Crippen LogP contribution is 2.15. The Morgan fingerprint density at radius 3 is 2.05 bits per heavy atom. The van der Waals surface area contributed by atoms with E-state index in [1.165, 1.54) is 0 Å². The topological polar surface area (TPSA) is 49.4 Å². The first-order valence-electron chi connectivity index (χ1n) is 8.02. The first-order chi connectivity index (χ1) is 9.31. The third-order valence-corrected chi connectivity index (χ3v) is 5.85. The van der Waals surface area contributed by atoms with Gasteiger partial charge in [0.25, 0.3) is 0 Å². The number of rotatable bonds is 9. The molecule has 1 unspecified atom stereocenters. The van der Waals surface area contributed by atoms with Crippen LogP contribution in [0.25, 0.3) is 0 Å². The lowest BCUT2D eigenvalue weighted by molar-refractivity contribution is 0.355. The van der Waals surface area contributed by atoms with Gasteiger partial charge in [-0.25, -0.2) is 12.7 Å². The smallest absolute Gasteiger partial charge is 0.215 e. The molecule has 0 saturated carbocycles. The van der Waals surface area contributed by atoms with Gasteiger partial charge in [-0.1, -0.05) is 27.7 Å². The first kappa shape index (κ1) is 17.9. The molecule has 1 fully saturated rings. The fourth-order valence-electron chi connectivity index (χ4n) is 2.45. The number of hydrogen-bond acceptors (Lipinski definition) is 3. The first-order valence-corrected chi connectivity index (χ1v) is 9.63. The van der Waals surface area contributed by atoms with Gasteiger partial charge in [0.2, 0.25) is 10.0 Å². The number of nitrogens with one attached hydrogen (secondary N) is 1. The molecule has 1 atom stereocenters. The minimum Gasteiger partial charge on any atom is -0.313 e. The van der Waals surface area contributed by atoms with E-state index in [2.05, 4.69) is 33.0 Å². The van der Waals surface area contributed by atoms with Crippen LogP contribution in [-0.2, 0) is 10.0 Å². The van der Waals surface area contributed by atoms with Gasteiger partial charge in [0.05, 0.1) is 5.75 Å². The highest BCUT2D eigenvalue weighted by molar-refractivity contribution is 7.89. The maximum Gasteiger partial charge on any atom is 0.215 e. The Hall–Kier alpha value is -0.130. The Morgan fingerprint density at radius 2 is 1.65 bits per heavy atom. The Kier molecular flexibility index (Phi) is 7.48. The molecule has 1 aliphatic heterocycles. The van der Waals surface area contributed by atoms with Gasteiger partial charge in [0.15, 0.2) is 0 Å². The molecule has 0 aromatic carbocycles. The van der Waals surface area contributed by atoms with E-state index in [0.717, 1.165) is 32.2 Å². The normalized spacial score (nSPS) is 20.4. The van der Waals surface area contributed by atoms with Crippen LogP contribution in [-0.4, -0.2) is 44.2 Å². The van der Waals surface area contributed by atoms with Crippen molar-refractivity contribution in [1.29, 1.82) is 0 Å². The van der Waals surface area contributed by atoms with Crippen molar-refractivity contribution < 1.29 is 8.42 Å². The summed E-state index contributed by atoms with van der Waals surface area (Å²) in [4.78, 5) is 0. The van der Waals surface area contributed by atoms with E-state index < -0.39 is 10.0 Å². The molecule has 1 saturated heterocycles. The lowest BCUT2D eigenvalue weighted by Crippen LogP contribution is -2.41. The molecule has 0 bridgehead atoms. The third kappa shape index (κ3) is 6.55. The summed E-state index contributed by atoms with van der Waals surface area (Å²) in [7, 11) is -3.13. The summed E-state index contributed by atoms with van der Waals surface area (Å²) in [6.45, 7) is 10.9. The molecule has 1 rings (SSSR count). The zero-order valence-corrected chi connectivity index (χ0v) is 14.4. The van der Waals surface area contributed by atoms with Gasteiger partial charge in [-0.05, 0) is 44.1 Å². The van der Waals surface area contributed by atoms with Crippen molar-refractivity contribution in [2.24, 2.45) is 11.8 Å². The average molecular weight is 305 g/mol. The fraction of sp³-hybridized carbons (Fsp3) is 1.00. The van der Waals surface area contributed by atoms with E-state index in [-0.39, 0.29) is 11.8 Å². The maximum absolute atomic E-state index is 12.6. The van der Waals surface area contributed by atoms with Crippen LogP contribution in [0.5, 0.6) is 0 Å². The molecule has 0 aromatic heterocycles. The minimum absolute atomic E-state index is 0.153. The summed E-state index contributed by atoms with van der Waals surface area (Å²) in [6, 6.07) is 0.153. The van der Waals surface area contributed by atoms with E-state index in [4.69, 9.17) is 0 Å². The summed E-state index contributed by atoms with van der Waals surface area (Å²) in [5.74, 6) is 1.34. The summed E-state index contributed by atoms with van der Waals surface area (Å²) in [5, 5.41) is 3.29. The van der Waals surface area contributed by atoms with E-state index in [0.29, 0.717) is 24.9 Å². The predicted octanol–water partition coefficient (Wildman–Crippen LogP) is 2.46. The Balaban J connectivity index is 2.61. The molecule has 0 aliphatic carbocycles. The van der Waals surface area contributed by atoms with Gasteiger partial charge in [-0.2, -0.15) is 0 Å². The summed E-state index contributed by atoms with van der Waals surface area (Å²) in [6.07, 6.45) is 3.96. The van der Waals surface area contributed by atoms with E-state index in [1.807, 2.05) is 0 Å². The molecule has 0 radical (unpaired) electrons. The van der Waals surface area contributed by atoms with Gasteiger partial charge in [-0.15, -0.1) is 0 Å². The van der Waals surface area contributed by atoms with Crippen molar-refractivity contribution in [3.63, 3.8) is 0 Å². The number of sulfonamides is 1. The van der Waals surface area contributed by atoms with Gasteiger partial charge < -0.3 is 5.32 Å². The molecular formula is C15H32N2O2S. The van der Waals surface area contributed by atoms with Crippen LogP contribution < -0.4 is 5.32 Å². The monoisotopic (exact) mass is 304 g/mol. The average Bonchev–Trinajstić information content (AvgIpc) is 2.79. The molecule has 0 amide bonds. The molecule has 20 heavy (non-hydrogen) atoms. The SMILES string of the molecule is CC(C)CCN(CCC(C)C)S(=O)(=O)CC1CCCN1. The molecule has 1 N–H and O–H groups in total. The van der Waals surface area contributed by atoms with Gasteiger partial charge in [0, 0.05) is 19.1 Å². The van der Waals surface area contributed by atoms with Crippen molar-refractivity contribution in [3.8, 4) is 0 Å². The van der Waals surface area contributed by atoms with Crippen LogP contribution in [0.2, 0.25) is 0 Å². The highest BCUT2D eigenvalue weighted by atomic mass is 32.2. The minimum atomic E-state index is -3.13. The van der Waals surface area contributed by atoms with Gasteiger partial charge in [-0.3, -0.25) is 0 Å². The van der Waals surface area contributed by atoms with Crippen molar-refractivity contribution in [2.75, 3.05) is 25.4 Å². The van der Waals surface area contributed by atoms with Gasteiger partial charge >= 0.3 is 0 Å². The number of nitrogens with zero attached hydrogens (tertiary/aromatic N) is 1. The quantitative estimate of drug-likeness (QED) is 0.712. The van der Waals surface area contributed by atoms with Crippen molar-refractivity contribution in [1.82, 2.24) is 9.62 Å². The Labute approximate surface area is 125 Å². The second-order valence-corrected chi connectivity index (χ2v) is 8.85. The van der Waals surface area contributed by atoms with Crippen LogP contribution in [0.1, 0.15) is 53.4 Å². The molecule has 0 spiro atoms. The lowest BCUT2D eigenvalue weighted by atomic mass is 10.1. The molecule has 1 heterocycles. The second-order valence-electron chi connectivity index (χ2n) is 6.84. The van der Waals surface area contributed by atoms with E-state index in [9.17, 15) is 8.42 Å².